The lowest BCUT2D eigenvalue weighted by atomic mass is 9.97. The molecular weight excluding hydrogens is 533 g/mol. The first kappa shape index (κ1) is 31.2. The molecule has 0 saturated carbocycles. The van der Waals surface area contributed by atoms with Crippen LogP contribution in [0.2, 0.25) is 0 Å². The van der Waals surface area contributed by atoms with Crippen molar-refractivity contribution < 1.29 is 28.5 Å². The summed E-state index contributed by atoms with van der Waals surface area (Å²) in [4.78, 5) is 13.2. The topological polar surface area (TPSA) is 69.9 Å². The summed E-state index contributed by atoms with van der Waals surface area (Å²) in [6.07, 6.45) is 3.62. The van der Waals surface area contributed by atoms with Gasteiger partial charge in [0.15, 0.2) is 6.29 Å². The minimum Gasteiger partial charge on any atom is -0.462 e. The fraction of sp³-hybridized carbons (Fsp3) is 0.343. The maximum Gasteiger partial charge on any atom is 0.340 e. The van der Waals surface area contributed by atoms with Gasteiger partial charge < -0.3 is 23.9 Å². The Balaban J connectivity index is 0.000000437. The number of methoxy groups -OCH3 is 1. The molecule has 1 fully saturated rings. The highest BCUT2D eigenvalue weighted by Gasteiger charge is 2.29. The first-order chi connectivity index (χ1) is 20.5. The van der Waals surface area contributed by atoms with E-state index < -0.39 is 0 Å². The van der Waals surface area contributed by atoms with Gasteiger partial charge in [-0.1, -0.05) is 60.7 Å². The number of carbonyl (C=O) groups excluding carboxylic acids is 1. The molecule has 1 aromatic heterocycles. The molecule has 2 unspecified atom stereocenters. The van der Waals surface area contributed by atoms with Crippen LogP contribution in [-0.2, 0) is 27.4 Å². The summed E-state index contributed by atoms with van der Waals surface area (Å²) in [7, 11) is 1.67. The highest BCUT2D eigenvalue weighted by Crippen LogP contribution is 2.40. The minimum atomic E-state index is -0.352. The second-order valence-corrected chi connectivity index (χ2v) is 10.2. The van der Waals surface area contributed by atoms with Gasteiger partial charge in [0.2, 0.25) is 0 Å². The largest absolute Gasteiger partial charge is 0.462 e. The van der Waals surface area contributed by atoms with Crippen LogP contribution in [0.5, 0.6) is 0 Å². The number of aliphatic hydroxyl groups excluding tert-OH is 1. The van der Waals surface area contributed by atoms with E-state index in [1.165, 1.54) is 12.1 Å². The Hall–Kier alpha value is -3.78. The number of esters is 1. The van der Waals surface area contributed by atoms with Crippen LogP contribution in [0, 0.1) is 12.7 Å². The van der Waals surface area contributed by atoms with Gasteiger partial charge >= 0.3 is 5.97 Å². The van der Waals surface area contributed by atoms with Crippen molar-refractivity contribution in [1.29, 1.82) is 0 Å². The fourth-order valence-corrected chi connectivity index (χ4v) is 5.37. The van der Waals surface area contributed by atoms with Crippen molar-refractivity contribution in [3.63, 3.8) is 0 Å². The van der Waals surface area contributed by atoms with Crippen LogP contribution in [0.1, 0.15) is 54.2 Å². The Labute approximate surface area is 247 Å². The zero-order valence-electron chi connectivity index (χ0n) is 24.6. The van der Waals surface area contributed by atoms with E-state index in [2.05, 4.69) is 4.57 Å². The summed E-state index contributed by atoms with van der Waals surface area (Å²) in [5, 5.41) is 8.54. The molecule has 0 radical (unpaired) electrons. The number of aliphatic hydroxyl groups is 1. The number of ether oxygens (including phenoxy) is 3. The quantitative estimate of drug-likeness (QED) is 0.209. The van der Waals surface area contributed by atoms with Crippen molar-refractivity contribution in [3.8, 4) is 22.4 Å². The van der Waals surface area contributed by atoms with E-state index in [4.69, 9.17) is 19.3 Å². The number of benzene rings is 3. The number of rotatable bonds is 9. The average molecular weight is 574 g/mol. The first-order valence-corrected chi connectivity index (χ1v) is 14.5. The van der Waals surface area contributed by atoms with Gasteiger partial charge in [-0.05, 0) is 80.5 Å². The maximum atomic E-state index is 13.8. The van der Waals surface area contributed by atoms with E-state index in [1.807, 2.05) is 67.6 Å². The van der Waals surface area contributed by atoms with Gasteiger partial charge in [0.1, 0.15) is 5.82 Å². The van der Waals surface area contributed by atoms with E-state index in [1.54, 1.807) is 26.2 Å². The molecule has 42 heavy (non-hydrogen) atoms. The Morgan fingerprint density at radius 3 is 2.24 bits per heavy atom. The molecular formula is C35H40FNO5. The molecule has 0 amide bonds. The lowest BCUT2D eigenvalue weighted by Gasteiger charge is -2.29. The third kappa shape index (κ3) is 7.73. The smallest absolute Gasteiger partial charge is 0.340 e. The molecule has 3 aromatic carbocycles. The first-order valence-electron chi connectivity index (χ1n) is 14.5. The van der Waals surface area contributed by atoms with Crippen LogP contribution >= 0.6 is 0 Å². The van der Waals surface area contributed by atoms with E-state index in [9.17, 15) is 9.18 Å². The third-order valence-corrected chi connectivity index (χ3v) is 7.46. The molecule has 5 rings (SSSR count). The van der Waals surface area contributed by atoms with Gasteiger partial charge in [0, 0.05) is 24.9 Å². The summed E-state index contributed by atoms with van der Waals surface area (Å²) in [6.45, 7) is 4.84. The summed E-state index contributed by atoms with van der Waals surface area (Å²) in [6, 6.07) is 25.8. The van der Waals surface area contributed by atoms with Gasteiger partial charge in [0.05, 0.1) is 30.6 Å². The number of aromatic nitrogens is 1. The number of nitrogens with zero attached hydrogens (tertiary/aromatic N) is 1. The average Bonchev–Trinajstić information content (AvgIpc) is 3.33. The van der Waals surface area contributed by atoms with Crippen molar-refractivity contribution in [2.45, 2.75) is 65.1 Å². The SMILES string of the molecule is CCOC(=O)c1c(-c2ccccc2)c(-c2ccc(F)cc2)n(CCC2CCCC(OC)O2)c1C.OCc1ccccc1. The summed E-state index contributed by atoms with van der Waals surface area (Å²) in [5.41, 5.74) is 5.79. The van der Waals surface area contributed by atoms with Gasteiger partial charge in [-0.25, -0.2) is 9.18 Å². The van der Waals surface area contributed by atoms with Gasteiger partial charge in [-0.15, -0.1) is 0 Å². The highest BCUT2D eigenvalue weighted by molar-refractivity contribution is 6.03. The molecule has 2 heterocycles. The van der Waals surface area contributed by atoms with Gasteiger partial charge in [-0.2, -0.15) is 0 Å². The van der Waals surface area contributed by atoms with Crippen LogP contribution in [-0.4, -0.2) is 41.8 Å². The molecule has 222 valence electrons. The molecule has 7 heteroatoms. The van der Waals surface area contributed by atoms with Crippen molar-refractivity contribution in [1.82, 2.24) is 4.57 Å². The molecule has 0 aliphatic carbocycles. The van der Waals surface area contributed by atoms with Crippen molar-refractivity contribution >= 4 is 5.97 Å². The number of hydrogen-bond acceptors (Lipinski definition) is 5. The van der Waals surface area contributed by atoms with E-state index in [0.29, 0.717) is 12.1 Å². The molecule has 1 aliphatic rings. The maximum absolute atomic E-state index is 13.8. The molecule has 2 atom stereocenters. The second kappa shape index (κ2) is 15.4. The lowest BCUT2D eigenvalue weighted by Crippen LogP contribution is -2.29. The lowest BCUT2D eigenvalue weighted by molar-refractivity contribution is -0.181. The molecule has 6 nitrogen and oxygen atoms in total. The third-order valence-electron chi connectivity index (χ3n) is 7.46. The predicted molar refractivity (Wildman–Crippen MR) is 162 cm³/mol. The second-order valence-electron chi connectivity index (χ2n) is 10.2. The fourth-order valence-electron chi connectivity index (χ4n) is 5.37. The van der Waals surface area contributed by atoms with Crippen LogP contribution in [0.25, 0.3) is 22.4 Å². The van der Waals surface area contributed by atoms with Crippen LogP contribution < -0.4 is 0 Å². The molecule has 1 N–H and O–H groups in total. The van der Waals surface area contributed by atoms with E-state index >= 15 is 0 Å². The minimum absolute atomic E-state index is 0.0767. The highest BCUT2D eigenvalue weighted by atomic mass is 19.1. The molecule has 0 spiro atoms. The van der Waals surface area contributed by atoms with Crippen molar-refractivity contribution in [2.75, 3.05) is 13.7 Å². The summed E-state index contributed by atoms with van der Waals surface area (Å²) in [5.74, 6) is -0.652. The zero-order valence-corrected chi connectivity index (χ0v) is 24.6. The molecule has 1 saturated heterocycles. The Kier molecular flexibility index (Phi) is 11.5. The number of carbonyl (C=O) groups is 1. The molecule has 4 aromatic rings. The monoisotopic (exact) mass is 573 g/mol. The Morgan fingerprint density at radius 2 is 1.64 bits per heavy atom. The van der Waals surface area contributed by atoms with Gasteiger partial charge in [0.25, 0.3) is 0 Å². The predicted octanol–water partition coefficient (Wildman–Crippen LogP) is 7.56. The Bertz CT molecular complexity index is 1400. The van der Waals surface area contributed by atoms with Crippen molar-refractivity contribution in [3.05, 3.63) is 108 Å². The van der Waals surface area contributed by atoms with E-state index in [-0.39, 0.29) is 37.4 Å². The Morgan fingerprint density at radius 1 is 0.976 bits per heavy atom. The zero-order chi connectivity index (χ0) is 29.9. The van der Waals surface area contributed by atoms with Crippen LogP contribution in [0.4, 0.5) is 4.39 Å². The van der Waals surface area contributed by atoms with Crippen LogP contribution in [0.15, 0.2) is 84.9 Å². The molecule has 1 aliphatic heterocycles. The normalized spacial score (nSPS) is 16.4. The van der Waals surface area contributed by atoms with E-state index in [0.717, 1.165) is 59.3 Å². The standard InChI is InChI=1S/C28H32FNO4.C7H8O/c1-4-33-28(31)25-19(2)30(18-17-23-11-8-12-24(32-3)34-23)27(21-13-15-22(29)16-14-21)26(25)20-9-6-5-7-10-20;8-6-7-4-2-1-3-5-7/h5-7,9-10,13-16,23-24H,4,8,11-12,17-18H2,1-3H3;1-5,8H,6H2. The van der Waals surface area contributed by atoms with Crippen molar-refractivity contribution in [2.24, 2.45) is 0 Å². The van der Waals surface area contributed by atoms with Gasteiger partial charge in [-0.3, -0.25) is 0 Å². The summed E-state index contributed by atoms with van der Waals surface area (Å²) < 4.78 is 32.9. The summed E-state index contributed by atoms with van der Waals surface area (Å²) >= 11 is 0. The number of hydrogen-bond donors (Lipinski definition) is 1. The molecule has 0 bridgehead atoms. The van der Waals surface area contributed by atoms with Crippen LogP contribution in [0.3, 0.4) is 0 Å². The number of halogens is 1.